The van der Waals surface area contributed by atoms with Gasteiger partial charge in [0, 0.05) is 56.3 Å². The van der Waals surface area contributed by atoms with Crippen LogP contribution in [-0.4, -0.2) is 0 Å². The van der Waals surface area contributed by atoms with E-state index in [2.05, 4.69) is 144 Å². The van der Waals surface area contributed by atoms with Gasteiger partial charge in [-0.05, 0) is 90.8 Å². The highest BCUT2D eigenvalue weighted by Gasteiger charge is 2.21. The van der Waals surface area contributed by atoms with E-state index in [9.17, 15) is 0 Å². The molecular weight excluding hydrogens is 623 g/mol. The molecule has 0 saturated carbocycles. The molecular formula is C48H37NO2. The molecule has 0 saturated heterocycles. The van der Waals surface area contributed by atoms with E-state index in [1.165, 1.54) is 27.8 Å². The Hall–Kier alpha value is -6.06. The fourth-order valence-corrected chi connectivity index (χ4v) is 8.18. The molecule has 51 heavy (non-hydrogen) atoms. The summed E-state index contributed by atoms with van der Waals surface area (Å²) in [7, 11) is 0. The second-order valence-electron chi connectivity index (χ2n) is 13.8. The summed E-state index contributed by atoms with van der Waals surface area (Å²) in [6.45, 7) is 0. The predicted octanol–water partition coefficient (Wildman–Crippen LogP) is 13.6. The van der Waals surface area contributed by atoms with Crippen LogP contribution >= 0.6 is 0 Å². The average Bonchev–Trinajstić information content (AvgIpc) is 3.78. The molecule has 246 valence electrons. The van der Waals surface area contributed by atoms with Crippen molar-refractivity contribution in [2.24, 2.45) is 0 Å². The lowest BCUT2D eigenvalue weighted by Crippen LogP contribution is -2.18. The molecule has 3 nitrogen and oxygen atoms in total. The highest BCUT2D eigenvalue weighted by atomic mass is 16.3. The predicted molar refractivity (Wildman–Crippen MR) is 212 cm³/mol. The molecule has 0 unspecified atom stereocenters. The maximum absolute atomic E-state index is 6.48. The van der Waals surface area contributed by atoms with Crippen LogP contribution in [0.15, 0.2) is 171 Å². The van der Waals surface area contributed by atoms with Crippen molar-refractivity contribution < 1.29 is 8.83 Å². The first kappa shape index (κ1) is 29.8. The average molecular weight is 660 g/mol. The molecule has 0 amide bonds. The SMILES string of the molecule is C1=CCCC(C2=CC=C(N(c3ccc(-c4cccc5c6c(oc45)CCC=C6)cc3)c3ccc(-c4cccc5c4oc4ccccc45)cc3)CC2)=C1. The number of rotatable bonds is 6. The molecule has 10 rings (SSSR count). The summed E-state index contributed by atoms with van der Waals surface area (Å²) >= 11 is 0. The van der Waals surface area contributed by atoms with Crippen molar-refractivity contribution >= 4 is 50.4 Å². The third-order valence-corrected chi connectivity index (χ3v) is 10.8. The van der Waals surface area contributed by atoms with Crippen LogP contribution in [0.5, 0.6) is 0 Å². The second-order valence-corrected chi connectivity index (χ2v) is 13.8. The lowest BCUT2D eigenvalue weighted by molar-refractivity contribution is 0.547. The van der Waals surface area contributed by atoms with Crippen LogP contribution in [0, 0.1) is 0 Å². The van der Waals surface area contributed by atoms with E-state index in [4.69, 9.17) is 8.83 Å². The number of fused-ring (bicyclic) bond motifs is 6. The zero-order chi connectivity index (χ0) is 33.7. The maximum atomic E-state index is 6.48. The van der Waals surface area contributed by atoms with Gasteiger partial charge >= 0.3 is 0 Å². The van der Waals surface area contributed by atoms with Gasteiger partial charge in [-0.1, -0.05) is 115 Å². The molecule has 0 aliphatic heterocycles. The van der Waals surface area contributed by atoms with Gasteiger partial charge in [0.15, 0.2) is 0 Å². The summed E-state index contributed by atoms with van der Waals surface area (Å²) in [5.74, 6) is 1.10. The van der Waals surface area contributed by atoms with E-state index >= 15 is 0 Å². The molecule has 0 atom stereocenters. The fourth-order valence-electron chi connectivity index (χ4n) is 8.18. The van der Waals surface area contributed by atoms with E-state index in [0.29, 0.717) is 0 Å². The van der Waals surface area contributed by atoms with Crippen molar-refractivity contribution in [1.29, 1.82) is 0 Å². The second kappa shape index (κ2) is 12.4. The number of allylic oxidation sites excluding steroid dienone is 9. The molecule has 0 bridgehead atoms. The summed E-state index contributed by atoms with van der Waals surface area (Å²) < 4.78 is 12.9. The zero-order valence-electron chi connectivity index (χ0n) is 28.4. The number of nitrogens with zero attached hydrogens (tertiary/aromatic N) is 1. The molecule has 0 radical (unpaired) electrons. The highest BCUT2D eigenvalue weighted by Crippen LogP contribution is 2.41. The number of benzene rings is 5. The highest BCUT2D eigenvalue weighted by molar-refractivity contribution is 6.09. The van der Waals surface area contributed by atoms with Crippen LogP contribution in [0.2, 0.25) is 0 Å². The summed E-state index contributed by atoms with van der Waals surface area (Å²) in [6.07, 6.45) is 22.1. The van der Waals surface area contributed by atoms with Crippen molar-refractivity contribution in [3.63, 3.8) is 0 Å². The van der Waals surface area contributed by atoms with Crippen LogP contribution in [-0.2, 0) is 6.42 Å². The van der Waals surface area contributed by atoms with Gasteiger partial charge in [0.2, 0.25) is 0 Å². The van der Waals surface area contributed by atoms with E-state index in [0.717, 1.165) is 105 Å². The number of hydrogen-bond acceptors (Lipinski definition) is 3. The van der Waals surface area contributed by atoms with Crippen molar-refractivity contribution in [3.8, 4) is 22.3 Å². The summed E-state index contributed by atoms with van der Waals surface area (Å²) in [5, 5.41) is 3.49. The molecule has 3 aliphatic rings. The summed E-state index contributed by atoms with van der Waals surface area (Å²) in [5.41, 5.74) is 15.1. The van der Waals surface area contributed by atoms with Crippen LogP contribution in [0.4, 0.5) is 11.4 Å². The van der Waals surface area contributed by atoms with E-state index in [-0.39, 0.29) is 0 Å². The van der Waals surface area contributed by atoms with E-state index in [1.54, 1.807) is 0 Å². The Balaban J connectivity index is 1.04. The standard InChI is InChI=1S/C48H37NO2/c1-2-10-32(11-3-1)33-20-26-36(27-21-33)49(37-28-22-34(23-29-37)39-14-8-16-43-41-12-4-6-18-45(41)50-47(39)43)38-30-24-35(25-31-38)40-15-9-17-44-42-13-5-7-19-46(42)51-48(40)44/h1-2,4-6,8-10,12-18,20,22-26,28-31H,3,7,11,19,21,27H2. The molecule has 3 aliphatic carbocycles. The largest absolute Gasteiger partial charge is 0.460 e. The first-order chi connectivity index (χ1) is 25.3. The van der Waals surface area contributed by atoms with Gasteiger partial charge in [-0.15, -0.1) is 0 Å². The monoisotopic (exact) mass is 659 g/mol. The van der Waals surface area contributed by atoms with E-state index < -0.39 is 0 Å². The van der Waals surface area contributed by atoms with Crippen LogP contribution in [0.3, 0.4) is 0 Å². The van der Waals surface area contributed by atoms with E-state index in [1.807, 2.05) is 12.1 Å². The normalized spacial score (nSPS) is 15.6. The Bertz CT molecular complexity index is 2620. The minimum absolute atomic E-state index is 0.919. The molecule has 2 aromatic heterocycles. The minimum atomic E-state index is 0.919. The van der Waals surface area contributed by atoms with Crippen molar-refractivity contribution in [3.05, 3.63) is 174 Å². The lowest BCUT2D eigenvalue weighted by Gasteiger charge is -2.30. The molecule has 0 fully saturated rings. The lowest BCUT2D eigenvalue weighted by atomic mass is 9.90. The quantitative estimate of drug-likeness (QED) is 0.178. The fraction of sp³-hybridized carbons (Fsp3) is 0.125. The molecule has 0 N–H and O–H groups in total. The summed E-state index contributed by atoms with van der Waals surface area (Å²) in [4.78, 5) is 2.43. The van der Waals surface area contributed by atoms with Crippen molar-refractivity contribution in [2.45, 2.75) is 38.5 Å². The molecule has 7 aromatic rings. The van der Waals surface area contributed by atoms with Crippen molar-refractivity contribution in [1.82, 2.24) is 0 Å². The van der Waals surface area contributed by atoms with Crippen LogP contribution < -0.4 is 4.90 Å². The van der Waals surface area contributed by atoms with Crippen LogP contribution in [0.25, 0.3) is 61.2 Å². The molecule has 2 heterocycles. The Morgan fingerprint density at radius 2 is 1.16 bits per heavy atom. The van der Waals surface area contributed by atoms with Gasteiger partial charge in [0.05, 0.1) is 0 Å². The third kappa shape index (κ3) is 5.20. The Morgan fingerprint density at radius 3 is 1.86 bits per heavy atom. The Morgan fingerprint density at radius 1 is 0.490 bits per heavy atom. The van der Waals surface area contributed by atoms with Gasteiger partial charge in [-0.25, -0.2) is 0 Å². The zero-order valence-corrected chi connectivity index (χ0v) is 28.4. The number of anilines is 2. The van der Waals surface area contributed by atoms with Gasteiger partial charge < -0.3 is 13.7 Å². The Labute approximate surface area is 297 Å². The van der Waals surface area contributed by atoms with Gasteiger partial charge in [0.1, 0.15) is 22.5 Å². The van der Waals surface area contributed by atoms with Gasteiger partial charge in [-0.2, -0.15) is 0 Å². The number of furan rings is 2. The number of para-hydroxylation sites is 3. The number of aryl methyl sites for hydroxylation is 1. The molecule has 5 aromatic carbocycles. The first-order valence-corrected chi connectivity index (χ1v) is 18.2. The molecule has 0 spiro atoms. The van der Waals surface area contributed by atoms with Gasteiger partial charge in [-0.3, -0.25) is 0 Å². The Kier molecular flexibility index (Phi) is 7.23. The van der Waals surface area contributed by atoms with Crippen LogP contribution in [0.1, 0.15) is 43.4 Å². The maximum Gasteiger partial charge on any atom is 0.143 e. The molecule has 3 heteroatoms. The first-order valence-electron chi connectivity index (χ1n) is 18.2. The minimum Gasteiger partial charge on any atom is -0.460 e. The number of hydrogen-bond donors (Lipinski definition) is 0. The topological polar surface area (TPSA) is 29.5 Å². The van der Waals surface area contributed by atoms with Gasteiger partial charge in [0.25, 0.3) is 0 Å². The summed E-state index contributed by atoms with van der Waals surface area (Å²) in [6, 6.07) is 39.2. The van der Waals surface area contributed by atoms with Crippen molar-refractivity contribution in [2.75, 3.05) is 4.90 Å². The third-order valence-electron chi connectivity index (χ3n) is 10.8. The smallest absolute Gasteiger partial charge is 0.143 e.